The van der Waals surface area contributed by atoms with E-state index >= 15 is 0 Å². The minimum Gasteiger partial charge on any atom is -0.379 e. The van der Waals surface area contributed by atoms with E-state index in [4.69, 9.17) is 4.74 Å². The molecule has 2 aromatic heterocycles. The van der Waals surface area contributed by atoms with Gasteiger partial charge >= 0.3 is 0 Å². The zero-order valence-corrected chi connectivity index (χ0v) is 13.5. The number of rotatable bonds is 9. The van der Waals surface area contributed by atoms with Gasteiger partial charge in [-0.3, -0.25) is 4.98 Å². The van der Waals surface area contributed by atoms with Crippen molar-refractivity contribution in [1.29, 1.82) is 0 Å². The Bertz CT molecular complexity index is 513. The molecule has 0 aliphatic heterocycles. The van der Waals surface area contributed by atoms with Gasteiger partial charge in [0, 0.05) is 42.9 Å². The fourth-order valence-electron chi connectivity index (χ4n) is 1.92. The standard InChI is InChI=1S/C16H23N3OS/c1-13(2)20-11-3-7-17-10-6-16-19-15(12-21-16)14-4-8-18-9-5-14/h4-5,8-9,12-13,17H,3,6-7,10-11H2,1-2H3. The SMILES string of the molecule is CC(C)OCCCNCCc1nc(-c2ccncc2)cs1. The normalized spacial score (nSPS) is 11.2. The van der Waals surface area contributed by atoms with E-state index in [2.05, 4.69) is 34.5 Å². The topological polar surface area (TPSA) is 47.0 Å². The van der Waals surface area contributed by atoms with Crippen molar-refractivity contribution in [2.45, 2.75) is 32.8 Å². The maximum absolute atomic E-state index is 5.50. The second kappa shape index (κ2) is 8.87. The van der Waals surface area contributed by atoms with Crippen molar-refractivity contribution in [2.75, 3.05) is 19.7 Å². The summed E-state index contributed by atoms with van der Waals surface area (Å²) in [6.45, 7) is 6.92. The molecule has 0 unspecified atom stereocenters. The smallest absolute Gasteiger partial charge is 0.0945 e. The molecule has 0 atom stereocenters. The van der Waals surface area contributed by atoms with Crippen LogP contribution in [0.3, 0.4) is 0 Å². The number of hydrogen-bond donors (Lipinski definition) is 1. The van der Waals surface area contributed by atoms with Crippen LogP contribution in [0.4, 0.5) is 0 Å². The monoisotopic (exact) mass is 305 g/mol. The molecule has 114 valence electrons. The lowest BCUT2D eigenvalue weighted by molar-refractivity contribution is 0.0771. The van der Waals surface area contributed by atoms with Crippen molar-refractivity contribution >= 4 is 11.3 Å². The molecular formula is C16H23N3OS. The summed E-state index contributed by atoms with van der Waals surface area (Å²) >= 11 is 1.72. The molecule has 0 saturated heterocycles. The molecule has 0 radical (unpaired) electrons. The summed E-state index contributed by atoms with van der Waals surface area (Å²) in [6, 6.07) is 3.98. The summed E-state index contributed by atoms with van der Waals surface area (Å²) in [6.07, 6.45) is 5.95. The molecule has 0 bridgehead atoms. The van der Waals surface area contributed by atoms with Crippen LogP contribution in [0.2, 0.25) is 0 Å². The molecule has 5 heteroatoms. The first-order valence-corrected chi connectivity index (χ1v) is 8.31. The first-order valence-electron chi connectivity index (χ1n) is 7.43. The van der Waals surface area contributed by atoms with Gasteiger partial charge in [0.1, 0.15) is 0 Å². The summed E-state index contributed by atoms with van der Waals surface area (Å²) in [4.78, 5) is 8.69. The first-order chi connectivity index (χ1) is 10.3. The summed E-state index contributed by atoms with van der Waals surface area (Å²) in [5.41, 5.74) is 2.18. The summed E-state index contributed by atoms with van der Waals surface area (Å²) in [5.74, 6) is 0. The third kappa shape index (κ3) is 5.91. The van der Waals surface area contributed by atoms with E-state index in [0.29, 0.717) is 6.10 Å². The zero-order chi connectivity index (χ0) is 14.9. The van der Waals surface area contributed by atoms with Crippen LogP contribution >= 0.6 is 11.3 Å². The molecule has 2 heterocycles. The van der Waals surface area contributed by atoms with Gasteiger partial charge in [0.15, 0.2) is 0 Å². The molecule has 21 heavy (non-hydrogen) atoms. The largest absolute Gasteiger partial charge is 0.379 e. The van der Waals surface area contributed by atoms with Crippen LogP contribution in [0.25, 0.3) is 11.3 Å². The number of nitrogens with zero attached hydrogens (tertiary/aromatic N) is 2. The van der Waals surface area contributed by atoms with Gasteiger partial charge in [0.2, 0.25) is 0 Å². The summed E-state index contributed by atoms with van der Waals surface area (Å²) in [7, 11) is 0. The van der Waals surface area contributed by atoms with E-state index < -0.39 is 0 Å². The van der Waals surface area contributed by atoms with Gasteiger partial charge in [-0.15, -0.1) is 11.3 Å². The second-order valence-corrected chi connectivity index (χ2v) is 6.08. The summed E-state index contributed by atoms with van der Waals surface area (Å²) in [5, 5.41) is 6.72. The fourth-order valence-corrected chi connectivity index (χ4v) is 2.72. The predicted molar refractivity (Wildman–Crippen MR) is 87.6 cm³/mol. The van der Waals surface area contributed by atoms with E-state index in [1.807, 2.05) is 12.1 Å². The molecule has 0 fully saturated rings. The highest BCUT2D eigenvalue weighted by Crippen LogP contribution is 2.21. The maximum Gasteiger partial charge on any atom is 0.0945 e. The maximum atomic E-state index is 5.50. The summed E-state index contributed by atoms with van der Waals surface area (Å²) < 4.78 is 5.50. The molecule has 0 saturated carbocycles. The quantitative estimate of drug-likeness (QED) is 0.723. The van der Waals surface area contributed by atoms with Gasteiger partial charge in [0.25, 0.3) is 0 Å². The molecule has 0 aromatic carbocycles. The Morgan fingerprint density at radius 2 is 2.05 bits per heavy atom. The lowest BCUT2D eigenvalue weighted by Crippen LogP contribution is -2.20. The van der Waals surface area contributed by atoms with Crippen molar-refractivity contribution < 1.29 is 4.74 Å². The number of ether oxygens (including phenoxy) is 1. The Morgan fingerprint density at radius 3 is 2.81 bits per heavy atom. The molecule has 2 aromatic rings. The van der Waals surface area contributed by atoms with Gasteiger partial charge in [-0.1, -0.05) is 0 Å². The van der Waals surface area contributed by atoms with Crippen LogP contribution in [-0.2, 0) is 11.2 Å². The van der Waals surface area contributed by atoms with Gasteiger partial charge in [-0.05, 0) is 38.9 Å². The number of nitrogens with one attached hydrogen (secondary N) is 1. The predicted octanol–water partition coefficient (Wildman–Crippen LogP) is 3.15. The van der Waals surface area contributed by atoms with E-state index in [-0.39, 0.29) is 0 Å². The fraction of sp³-hybridized carbons (Fsp3) is 0.500. The van der Waals surface area contributed by atoms with Gasteiger partial charge in [-0.25, -0.2) is 4.98 Å². The van der Waals surface area contributed by atoms with Crippen molar-refractivity contribution in [3.05, 3.63) is 34.9 Å². The molecule has 0 amide bonds. The van der Waals surface area contributed by atoms with Crippen LogP contribution < -0.4 is 5.32 Å². The van der Waals surface area contributed by atoms with Crippen molar-refractivity contribution in [3.8, 4) is 11.3 Å². The number of aromatic nitrogens is 2. The van der Waals surface area contributed by atoms with Crippen molar-refractivity contribution in [3.63, 3.8) is 0 Å². The lowest BCUT2D eigenvalue weighted by atomic mass is 10.2. The minimum atomic E-state index is 0.326. The van der Waals surface area contributed by atoms with Gasteiger partial charge in [-0.2, -0.15) is 0 Å². The van der Waals surface area contributed by atoms with Crippen LogP contribution in [0.15, 0.2) is 29.9 Å². The van der Waals surface area contributed by atoms with E-state index in [1.165, 1.54) is 5.01 Å². The van der Waals surface area contributed by atoms with E-state index in [0.717, 1.165) is 43.8 Å². The molecule has 2 rings (SSSR count). The first kappa shape index (κ1) is 16.1. The molecule has 4 nitrogen and oxygen atoms in total. The molecule has 0 aliphatic rings. The highest BCUT2D eigenvalue weighted by atomic mass is 32.1. The van der Waals surface area contributed by atoms with Crippen molar-refractivity contribution in [1.82, 2.24) is 15.3 Å². The number of thiazole rings is 1. The van der Waals surface area contributed by atoms with Gasteiger partial charge in [0.05, 0.1) is 16.8 Å². The lowest BCUT2D eigenvalue weighted by Gasteiger charge is -2.07. The minimum absolute atomic E-state index is 0.326. The van der Waals surface area contributed by atoms with E-state index in [1.54, 1.807) is 23.7 Å². The van der Waals surface area contributed by atoms with E-state index in [9.17, 15) is 0 Å². The highest BCUT2D eigenvalue weighted by molar-refractivity contribution is 7.09. The van der Waals surface area contributed by atoms with Crippen molar-refractivity contribution in [2.24, 2.45) is 0 Å². The average molecular weight is 305 g/mol. The second-order valence-electron chi connectivity index (χ2n) is 5.14. The molecular weight excluding hydrogens is 282 g/mol. The number of hydrogen-bond acceptors (Lipinski definition) is 5. The molecule has 1 N–H and O–H groups in total. The van der Waals surface area contributed by atoms with Gasteiger partial charge < -0.3 is 10.1 Å². The zero-order valence-electron chi connectivity index (χ0n) is 12.7. The third-order valence-electron chi connectivity index (χ3n) is 2.99. The molecule has 0 spiro atoms. The Morgan fingerprint density at radius 1 is 1.24 bits per heavy atom. The van der Waals surface area contributed by atoms with Crippen LogP contribution in [0, 0.1) is 0 Å². The average Bonchev–Trinajstić information content (AvgIpc) is 2.96. The Labute approximate surface area is 130 Å². The Kier molecular flexibility index (Phi) is 6.79. The van der Waals surface area contributed by atoms with Crippen LogP contribution in [-0.4, -0.2) is 35.8 Å². The highest BCUT2D eigenvalue weighted by Gasteiger charge is 2.04. The Balaban J connectivity index is 1.65. The van der Waals surface area contributed by atoms with Crippen LogP contribution in [0.5, 0.6) is 0 Å². The molecule has 0 aliphatic carbocycles. The number of pyridine rings is 1. The van der Waals surface area contributed by atoms with Crippen LogP contribution in [0.1, 0.15) is 25.3 Å². The Hall–Kier alpha value is -1.30. The third-order valence-corrected chi connectivity index (χ3v) is 3.90.